The average molecular weight is 601 g/mol. The van der Waals surface area contributed by atoms with Crippen LogP contribution < -0.4 is 15.4 Å². The molecule has 15 heteroatoms. The first kappa shape index (κ1) is 31.3. The number of para-hydroxylation sites is 1. The Morgan fingerprint density at radius 2 is 1.77 bits per heavy atom. The van der Waals surface area contributed by atoms with Crippen molar-refractivity contribution in [3.63, 3.8) is 0 Å². The standard InChI is InChI=1S/C28H36N6O9/c1-3-41-28(40)43-33-15-13-32(14-16-33)27(39)21(11-12-24(35)36)30-26(38)22-17-23(34(31-22)20-7-5-4-6-8-20)42-18(2)25(37)29-19-9-10-19/h4-8,17-19,21H,3,9-16H2,1-2H3,(H,29,37)(H,30,38)(H,35,36)/t18-,21?/m0/s1. The van der Waals surface area contributed by atoms with Crippen LogP contribution in [0, 0.1) is 0 Å². The van der Waals surface area contributed by atoms with Crippen LogP contribution in [0.1, 0.15) is 50.0 Å². The van der Waals surface area contributed by atoms with Gasteiger partial charge in [0.25, 0.3) is 11.8 Å². The highest BCUT2D eigenvalue weighted by Gasteiger charge is 2.32. The van der Waals surface area contributed by atoms with Gasteiger partial charge >= 0.3 is 12.1 Å². The summed E-state index contributed by atoms with van der Waals surface area (Å²) in [6, 6.07) is 9.23. The predicted octanol–water partition coefficient (Wildman–Crippen LogP) is 1.11. The van der Waals surface area contributed by atoms with Crippen LogP contribution in [0.2, 0.25) is 0 Å². The Hall–Kier alpha value is -4.66. The summed E-state index contributed by atoms with van der Waals surface area (Å²) in [6.45, 7) is 4.18. The average Bonchev–Trinajstić information content (AvgIpc) is 3.71. The maximum atomic E-state index is 13.4. The van der Waals surface area contributed by atoms with Gasteiger partial charge in [-0.25, -0.2) is 9.48 Å². The largest absolute Gasteiger partial charge is 0.527 e. The van der Waals surface area contributed by atoms with Crippen molar-refractivity contribution in [2.45, 2.75) is 57.7 Å². The molecule has 1 saturated carbocycles. The molecule has 0 bridgehead atoms. The Labute approximate surface area is 248 Å². The molecule has 4 rings (SSSR count). The van der Waals surface area contributed by atoms with Crippen molar-refractivity contribution >= 4 is 29.8 Å². The predicted molar refractivity (Wildman–Crippen MR) is 149 cm³/mol. The molecule has 2 heterocycles. The molecule has 1 aromatic heterocycles. The summed E-state index contributed by atoms with van der Waals surface area (Å²) in [6.07, 6.45) is -0.381. The third kappa shape index (κ3) is 8.91. The van der Waals surface area contributed by atoms with Crippen LogP contribution in [-0.2, 0) is 24.0 Å². The van der Waals surface area contributed by atoms with Gasteiger partial charge in [-0.2, -0.15) is 5.10 Å². The molecule has 0 spiro atoms. The van der Waals surface area contributed by atoms with E-state index in [-0.39, 0.29) is 69.2 Å². The van der Waals surface area contributed by atoms with E-state index in [1.807, 2.05) is 6.07 Å². The number of benzene rings is 1. The molecule has 2 fully saturated rings. The molecule has 2 aromatic rings. The van der Waals surface area contributed by atoms with Crippen LogP contribution in [0.5, 0.6) is 5.88 Å². The number of aliphatic carboxylic acids is 1. The van der Waals surface area contributed by atoms with Gasteiger partial charge in [-0.15, -0.1) is 5.06 Å². The molecule has 1 aliphatic carbocycles. The smallest absolute Gasteiger partial charge is 0.481 e. The van der Waals surface area contributed by atoms with E-state index in [9.17, 15) is 29.1 Å². The highest BCUT2D eigenvalue weighted by molar-refractivity contribution is 5.96. The highest BCUT2D eigenvalue weighted by Crippen LogP contribution is 2.23. The van der Waals surface area contributed by atoms with Crippen molar-refractivity contribution in [1.82, 2.24) is 30.4 Å². The quantitative estimate of drug-likeness (QED) is 0.280. The Morgan fingerprint density at radius 1 is 1.07 bits per heavy atom. The molecule has 1 saturated heterocycles. The van der Waals surface area contributed by atoms with Crippen LogP contribution in [-0.4, -0.2) is 106 Å². The van der Waals surface area contributed by atoms with Crippen molar-refractivity contribution in [3.8, 4) is 11.6 Å². The number of rotatable bonds is 13. The zero-order valence-electron chi connectivity index (χ0n) is 24.1. The number of nitrogens with zero attached hydrogens (tertiary/aromatic N) is 4. The van der Waals surface area contributed by atoms with Crippen LogP contribution in [0.3, 0.4) is 0 Å². The lowest BCUT2D eigenvalue weighted by atomic mass is 10.1. The number of carbonyl (C=O) groups is 5. The number of hydrogen-bond acceptors (Lipinski definition) is 10. The summed E-state index contributed by atoms with van der Waals surface area (Å²) in [7, 11) is 0. The second-order valence-electron chi connectivity index (χ2n) is 10.1. The van der Waals surface area contributed by atoms with Gasteiger partial charge in [0, 0.05) is 31.6 Å². The van der Waals surface area contributed by atoms with Gasteiger partial charge in [0.2, 0.25) is 11.8 Å². The summed E-state index contributed by atoms with van der Waals surface area (Å²) in [5.74, 6) is -2.47. The minimum Gasteiger partial charge on any atom is -0.481 e. The summed E-state index contributed by atoms with van der Waals surface area (Å²) in [5.41, 5.74) is 0.488. The zero-order chi connectivity index (χ0) is 30.9. The summed E-state index contributed by atoms with van der Waals surface area (Å²) < 4.78 is 12.1. The highest BCUT2D eigenvalue weighted by atomic mass is 16.8. The fraction of sp³-hybridized carbons (Fsp3) is 0.500. The van der Waals surface area contributed by atoms with Crippen molar-refractivity contribution in [3.05, 3.63) is 42.1 Å². The normalized spacial score (nSPS) is 16.5. The van der Waals surface area contributed by atoms with E-state index in [0.29, 0.717) is 5.69 Å². The van der Waals surface area contributed by atoms with Crippen molar-refractivity contribution < 1.29 is 43.4 Å². The number of piperazine rings is 1. The van der Waals surface area contributed by atoms with Gasteiger partial charge in [-0.1, -0.05) is 18.2 Å². The summed E-state index contributed by atoms with van der Waals surface area (Å²) in [5, 5.41) is 20.5. The van der Waals surface area contributed by atoms with Gasteiger partial charge in [0.1, 0.15) is 6.04 Å². The molecule has 43 heavy (non-hydrogen) atoms. The zero-order valence-corrected chi connectivity index (χ0v) is 24.1. The lowest BCUT2D eigenvalue weighted by molar-refractivity contribution is -0.157. The van der Waals surface area contributed by atoms with Gasteiger partial charge in [0.15, 0.2) is 11.8 Å². The number of nitrogens with one attached hydrogen (secondary N) is 2. The van der Waals surface area contributed by atoms with Crippen molar-refractivity contribution in [1.29, 1.82) is 0 Å². The van der Waals surface area contributed by atoms with Crippen LogP contribution >= 0.6 is 0 Å². The number of carbonyl (C=O) groups excluding carboxylic acids is 4. The number of aromatic nitrogens is 2. The van der Waals surface area contributed by atoms with E-state index in [1.54, 1.807) is 38.1 Å². The molecule has 15 nitrogen and oxygen atoms in total. The van der Waals surface area contributed by atoms with Gasteiger partial charge in [0.05, 0.1) is 25.4 Å². The number of amides is 3. The van der Waals surface area contributed by atoms with E-state index >= 15 is 0 Å². The molecule has 3 amide bonds. The molecule has 232 valence electrons. The third-order valence-corrected chi connectivity index (χ3v) is 6.77. The number of carboxylic acids is 1. The first-order valence-corrected chi connectivity index (χ1v) is 14.2. The molecule has 3 N–H and O–H groups in total. The van der Waals surface area contributed by atoms with E-state index in [4.69, 9.17) is 14.3 Å². The maximum absolute atomic E-state index is 13.4. The minimum atomic E-state index is -1.16. The number of hydroxylamine groups is 2. The molecule has 1 unspecified atom stereocenters. The topological polar surface area (TPSA) is 182 Å². The van der Waals surface area contributed by atoms with Gasteiger partial charge in [-0.05, 0) is 45.2 Å². The molecular weight excluding hydrogens is 564 g/mol. The Kier molecular flexibility index (Phi) is 10.5. The first-order chi connectivity index (χ1) is 20.6. The number of carboxylic acid groups (broad SMARTS) is 1. The van der Waals surface area contributed by atoms with Crippen LogP contribution in [0.4, 0.5) is 4.79 Å². The minimum absolute atomic E-state index is 0.0885. The second kappa shape index (κ2) is 14.5. The fourth-order valence-electron chi connectivity index (χ4n) is 4.32. The molecule has 0 radical (unpaired) electrons. The lowest BCUT2D eigenvalue weighted by Crippen LogP contribution is -2.55. The molecule has 1 aliphatic heterocycles. The van der Waals surface area contributed by atoms with E-state index in [0.717, 1.165) is 12.8 Å². The fourth-order valence-corrected chi connectivity index (χ4v) is 4.32. The van der Waals surface area contributed by atoms with Crippen LogP contribution in [0.25, 0.3) is 5.69 Å². The number of ether oxygens (including phenoxy) is 2. The van der Waals surface area contributed by atoms with Crippen LogP contribution in [0.15, 0.2) is 36.4 Å². The number of hydrogen-bond donors (Lipinski definition) is 3. The Morgan fingerprint density at radius 3 is 2.40 bits per heavy atom. The lowest BCUT2D eigenvalue weighted by Gasteiger charge is -2.35. The Bertz CT molecular complexity index is 1310. The maximum Gasteiger partial charge on any atom is 0.527 e. The molecule has 2 aliphatic rings. The third-order valence-electron chi connectivity index (χ3n) is 6.77. The molecule has 2 atom stereocenters. The molecule has 1 aromatic carbocycles. The Balaban J connectivity index is 1.47. The van der Waals surface area contributed by atoms with Gasteiger partial charge in [-0.3, -0.25) is 19.2 Å². The summed E-state index contributed by atoms with van der Waals surface area (Å²) >= 11 is 0. The monoisotopic (exact) mass is 600 g/mol. The van der Waals surface area contributed by atoms with E-state index in [1.165, 1.54) is 20.7 Å². The van der Waals surface area contributed by atoms with E-state index < -0.39 is 36.1 Å². The molecular formula is C28H36N6O9. The second-order valence-corrected chi connectivity index (χ2v) is 10.1. The van der Waals surface area contributed by atoms with E-state index in [2.05, 4.69) is 15.7 Å². The van der Waals surface area contributed by atoms with Gasteiger partial charge < -0.3 is 35.0 Å². The summed E-state index contributed by atoms with van der Waals surface area (Å²) in [4.78, 5) is 68.7. The first-order valence-electron chi connectivity index (χ1n) is 14.2. The van der Waals surface area contributed by atoms with Crippen molar-refractivity contribution in [2.75, 3.05) is 32.8 Å². The van der Waals surface area contributed by atoms with Crippen molar-refractivity contribution in [2.24, 2.45) is 0 Å². The SMILES string of the molecule is CCOC(=O)ON1CCN(C(=O)C(CCC(=O)O)NC(=O)c2cc(O[C@@H](C)C(=O)NC3CC3)n(-c3ccccc3)n2)CC1.